The molecule has 1 atom stereocenters. The normalized spacial score (nSPS) is 12.2. The first-order chi connectivity index (χ1) is 7.41. The van der Waals surface area contributed by atoms with Crippen molar-refractivity contribution in [2.24, 2.45) is 11.5 Å². The topological polar surface area (TPSA) is 78.3 Å². The number of nitrogens with two attached hydrogens (primary N) is 2. The summed E-state index contributed by atoms with van der Waals surface area (Å²) in [5.41, 5.74) is 10.3. The zero-order chi connectivity index (χ0) is 12.3. The second-order valence-corrected chi connectivity index (χ2v) is 4.24. The van der Waals surface area contributed by atoms with Crippen LogP contribution >= 0.6 is 34.8 Å². The third kappa shape index (κ3) is 3.42. The fourth-order valence-electron chi connectivity index (χ4n) is 0.877. The molecule has 4 nitrogen and oxygen atoms in total. The van der Waals surface area contributed by atoms with E-state index in [1.165, 1.54) is 12.1 Å². The molecule has 1 aromatic carbocycles. The third-order valence-corrected chi connectivity index (χ3v) is 2.78. The van der Waals surface area contributed by atoms with E-state index in [-0.39, 0.29) is 11.6 Å². The van der Waals surface area contributed by atoms with Gasteiger partial charge in [-0.1, -0.05) is 34.8 Å². The molecule has 0 aliphatic heterocycles. The molecule has 1 unspecified atom stereocenters. The van der Waals surface area contributed by atoms with Crippen molar-refractivity contribution in [2.45, 2.75) is 6.04 Å². The van der Waals surface area contributed by atoms with E-state index in [1.807, 2.05) is 0 Å². The lowest BCUT2D eigenvalue weighted by molar-refractivity contribution is -0.119. The largest absolute Gasteiger partial charge is 0.490 e. The minimum Gasteiger partial charge on any atom is -0.490 e. The Morgan fingerprint density at radius 2 is 1.81 bits per heavy atom. The molecule has 0 saturated carbocycles. The zero-order valence-electron chi connectivity index (χ0n) is 8.04. The molecule has 1 rings (SSSR count). The van der Waals surface area contributed by atoms with E-state index in [0.717, 1.165) is 0 Å². The molecule has 0 radical (unpaired) electrons. The van der Waals surface area contributed by atoms with Crippen molar-refractivity contribution in [1.82, 2.24) is 0 Å². The minimum atomic E-state index is -0.898. The van der Waals surface area contributed by atoms with E-state index in [2.05, 4.69) is 0 Å². The van der Waals surface area contributed by atoms with Gasteiger partial charge in [0.1, 0.15) is 18.4 Å². The number of ether oxygens (including phenoxy) is 1. The lowest BCUT2D eigenvalue weighted by Gasteiger charge is -2.11. The van der Waals surface area contributed by atoms with Gasteiger partial charge in [-0.3, -0.25) is 4.79 Å². The van der Waals surface area contributed by atoms with Crippen LogP contribution in [0.4, 0.5) is 0 Å². The van der Waals surface area contributed by atoms with Crippen molar-refractivity contribution >= 4 is 40.7 Å². The summed E-state index contributed by atoms with van der Waals surface area (Å²) < 4.78 is 5.19. The second kappa shape index (κ2) is 5.59. The number of halogens is 3. The van der Waals surface area contributed by atoms with Crippen LogP contribution in [0, 0.1) is 0 Å². The van der Waals surface area contributed by atoms with Crippen molar-refractivity contribution in [3.8, 4) is 5.75 Å². The van der Waals surface area contributed by atoms with Gasteiger partial charge in [-0.15, -0.1) is 0 Å². The second-order valence-electron chi connectivity index (χ2n) is 3.02. The summed E-state index contributed by atoms with van der Waals surface area (Å²) in [6.45, 7) is -0.0764. The Hall–Kier alpha value is -0.680. The van der Waals surface area contributed by atoms with Crippen LogP contribution in [0.2, 0.25) is 15.1 Å². The van der Waals surface area contributed by atoms with E-state index in [9.17, 15) is 4.79 Å². The summed E-state index contributed by atoms with van der Waals surface area (Å²) in [5.74, 6) is -0.357. The molecular formula is C9H9Cl3N2O2. The van der Waals surface area contributed by atoms with Crippen LogP contribution in [0.3, 0.4) is 0 Å². The number of hydrogen-bond donors (Lipinski definition) is 2. The van der Waals surface area contributed by atoms with Crippen LogP contribution in [0.25, 0.3) is 0 Å². The molecular weight excluding hydrogens is 274 g/mol. The Balaban J connectivity index is 2.74. The molecule has 7 heteroatoms. The van der Waals surface area contributed by atoms with Gasteiger partial charge in [-0.05, 0) is 6.07 Å². The van der Waals surface area contributed by atoms with Gasteiger partial charge in [0.25, 0.3) is 0 Å². The third-order valence-electron chi connectivity index (χ3n) is 1.76. The number of primary amides is 1. The average molecular weight is 284 g/mol. The molecule has 0 aromatic heterocycles. The van der Waals surface area contributed by atoms with Gasteiger partial charge >= 0.3 is 0 Å². The van der Waals surface area contributed by atoms with Crippen molar-refractivity contribution in [3.63, 3.8) is 0 Å². The molecule has 0 aliphatic carbocycles. The molecule has 0 heterocycles. The summed E-state index contributed by atoms with van der Waals surface area (Å²) in [5, 5.41) is 0.901. The van der Waals surface area contributed by atoms with Gasteiger partial charge in [-0.2, -0.15) is 0 Å². The zero-order valence-corrected chi connectivity index (χ0v) is 10.3. The van der Waals surface area contributed by atoms with E-state index in [4.69, 9.17) is 51.0 Å². The number of benzene rings is 1. The number of carbonyl (C=O) groups is 1. The Kier molecular flexibility index (Phi) is 4.68. The Morgan fingerprint density at radius 1 is 1.25 bits per heavy atom. The van der Waals surface area contributed by atoms with Crippen LogP contribution in [-0.2, 0) is 4.79 Å². The summed E-state index contributed by atoms with van der Waals surface area (Å²) >= 11 is 17.3. The van der Waals surface area contributed by atoms with Gasteiger partial charge in [-0.25, -0.2) is 0 Å². The molecule has 16 heavy (non-hydrogen) atoms. The first-order valence-electron chi connectivity index (χ1n) is 4.24. The number of hydrogen-bond acceptors (Lipinski definition) is 3. The highest BCUT2D eigenvalue weighted by atomic mass is 35.5. The number of rotatable bonds is 4. The summed E-state index contributed by atoms with van der Waals surface area (Å²) in [6, 6.07) is 1.99. The van der Waals surface area contributed by atoms with Crippen LogP contribution < -0.4 is 16.2 Å². The monoisotopic (exact) mass is 282 g/mol. The molecule has 0 fully saturated rings. The fraction of sp³-hybridized carbons (Fsp3) is 0.222. The summed E-state index contributed by atoms with van der Waals surface area (Å²) in [4.78, 5) is 10.7. The molecule has 1 amide bonds. The molecule has 4 N–H and O–H groups in total. The van der Waals surface area contributed by atoms with Crippen molar-refractivity contribution in [1.29, 1.82) is 0 Å². The Bertz CT molecular complexity index is 412. The SMILES string of the molecule is NC(=O)C(N)COc1cc(Cl)c(Cl)cc1Cl. The average Bonchev–Trinajstić information content (AvgIpc) is 2.20. The number of amides is 1. The Labute approximate surface area is 107 Å². The van der Waals surface area contributed by atoms with E-state index in [1.54, 1.807) is 0 Å². The Morgan fingerprint density at radius 3 is 2.38 bits per heavy atom. The van der Waals surface area contributed by atoms with Gasteiger partial charge in [0.2, 0.25) is 5.91 Å². The lowest BCUT2D eigenvalue weighted by atomic mass is 10.3. The van der Waals surface area contributed by atoms with E-state index >= 15 is 0 Å². The molecule has 0 aliphatic rings. The van der Waals surface area contributed by atoms with Gasteiger partial charge < -0.3 is 16.2 Å². The van der Waals surface area contributed by atoms with Crippen LogP contribution in [0.5, 0.6) is 5.75 Å². The number of carbonyl (C=O) groups excluding carboxylic acids is 1. The van der Waals surface area contributed by atoms with Crippen LogP contribution in [0.1, 0.15) is 0 Å². The van der Waals surface area contributed by atoms with Gasteiger partial charge in [0.05, 0.1) is 15.1 Å². The predicted octanol–water partition coefficient (Wildman–Crippen LogP) is 1.84. The maximum Gasteiger partial charge on any atom is 0.237 e. The minimum absolute atomic E-state index is 0.0764. The molecule has 1 aromatic rings. The maximum atomic E-state index is 10.7. The van der Waals surface area contributed by atoms with E-state index < -0.39 is 11.9 Å². The van der Waals surface area contributed by atoms with Crippen molar-refractivity contribution in [3.05, 3.63) is 27.2 Å². The van der Waals surface area contributed by atoms with Crippen LogP contribution in [-0.4, -0.2) is 18.6 Å². The first kappa shape index (κ1) is 13.4. The highest BCUT2D eigenvalue weighted by Crippen LogP contribution is 2.33. The smallest absolute Gasteiger partial charge is 0.237 e. The summed E-state index contributed by atoms with van der Waals surface area (Å²) in [7, 11) is 0. The predicted molar refractivity (Wildman–Crippen MR) is 64.1 cm³/mol. The summed E-state index contributed by atoms with van der Waals surface area (Å²) in [6.07, 6.45) is 0. The van der Waals surface area contributed by atoms with Gasteiger partial charge in [0, 0.05) is 6.07 Å². The van der Waals surface area contributed by atoms with Crippen LogP contribution in [0.15, 0.2) is 12.1 Å². The first-order valence-corrected chi connectivity index (χ1v) is 5.37. The van der Waals surface area contributed by atoms with Gasteiger partial charge in [0.15, 0.2) is 0 Å². The lowest BCUT2D eigenvalue weighted by Crippen LogP contribution is -2.41. The fourth-order valence-corrected chi connectivity index (χ4v) is 1.47. The molecule has 88 valence electrons. The van der Waals surface area contributed by atoms with Crippen molar-refractivity contribution in [2.75, 3.05) is 6.61 Å². The molecule has 0 saturated heterocycles. The van der Waals surface area contributed by atoms with Crippen molar-refractivity contribution < 1.29 is 9.53 Å². The quantitative estimate of drug-likeness (QED) is 0.828. The van der Waals surface area contributed by atoms with E-state index in [0.29, 0.717) is 15.8 Å². The highest BCUT2D eigenvalue weighted by Gasteiger charge is 2.12. The molecule has 0 spiro atoms. The highest BCUT2D eigenvalue weighted by molar-refractivity contribution is 6.43. The standard InChI is InChI=1S/C9H9Cl3N2O2/c10-4-1-6(12)8(2-5(4)11)16-3-7(13)9(14)15/h1-2,7H,3,13H2,(H2,14,15). The molecule has 0 bridgehead atoms. The maximum absolute atomic E-state index is 10.7.